The van der Waals surface area contributed by atoms with Gasteiger partial charge in [0.25, 0.3) is 0 Å². The zero-order valence-corrected chi connectivity index (χ0v) is 34.7. The fourth-order valence-corrected chi connectivity index (χ4v) is 6.09. The van der Waals surface area contributed by atoms with Gasteiger partial charge in [-0.05, 0) is 22.9 Å². The molecule has 0 aliphatic rings. The van der Waals surface area contributed by atoms with Crippen LogP contribution < -0.4 is 0 Å². The first-order valence-electron chi connectivity index (χ1n) is 19.2. The molecule has 0 aliphatic heterocycles. The number of hydrogen-bond donors (Lipinski definition) is 0. The lowest BCUT2D eigenvalue weighted by Gasteiger charge is -2.22. The van der Waals surface area contributed by atoms with Gasteiger partial charge in [0.05, 0.1) is 0 Å². The molecule has 0 saturated carbocycles. The number of aromatic nitrogens is 9. The lowest BCUT2D eigenvalue weighted by Crippen LogP contribution is -2.24. The van der Waals surface area contributed by atoms with Crippen LogP contribution >= 0.6 is 0 Å². The van der Waals surface area contributed by atoms with Gasteiger partial charge in [0.2, 0.25) is 0 Å². The molecule has 0 fully saturated rings. The van der Waals surface area contributed by atoms with Crippen LogP contribution in [0.4, 0.5) is 0 Å². The molecule has 0 atom stereocenters. The molecule has 3 aromatic heterocycles. The van der Waals surface area contributed by atoms with E-state index in [9.17, 15) is 0 Å². The third-order valence-corrected chi connectivity index (χ3v) is 9.38. The summed E-state index contributed by atoms with van der Waals surface area (Å²) in [7, 11) is 0. The lowest BCUT2D eigenvalue weighted by molar-refractivity contribution is 0.497. The van der Waals surface area contributed by atoms with Gasteiger partial charge in [-0.3, -0.25) is 0 Å². The molecule has 0 bridgehead atoms. The van der Waals surface area contributed by atoms with Crippen molar-refractivity contribution in [3.63, 3.8) is 0 Å². The van der Waals surface area contributed by atoms with Crippen molar-refractivity contribution in [1.29, 1.82) is 0 Å². The molecule has 56 heavy (non-hydrogen) atoms. The first-order chi connectivity index (χ1) is 26.2. The van der Waals surface area contributed by atoms with Crippen molar-refractivity contribution in [2.24, 2.45) is 0 Å². The summed E-state index contributed by atoms with van der Waals surface area (Å²) in [4.78, 5) is 45.0. The van der Waals surface area contributed by atoms with E-state index in [0.29, 0.717) is 34.9 Å². The highest BCUT2D eigenvalue weighted by Gasteiger charge is 2.27. The van der Waals surface area contributed by atoms with E-state index in [0.717, 1.165) is 56.1 Å². The highest BCUT2D eigenvalue weighted by atomic mass is 15.1. The normalized spacial score (nSPS) is 12.6. The molecule has 284 valence electrons. The first kappa shape index (κ1) is 38.4. The first-order valence-corrected chi connectivity index (χ1v) is 19.2. The maximum absolute atomic E-state index is 5.17. The van der Waals surface area contributed by atoms with Crippen molar-refractivity contribution in [1.82, 2.24) is 44.9 Å². The summed E-state index contributed by atoms with van der Waals surface area (Å²) in [5, 5.41) is 2.06. The average Bonchev–Trinajstić information content (AvgIpc) is 3.16. The van der Waals surface area contributed by atoms with E-state index in [4.69, 9.17) is 44.9 Å². The third kappa shape index (κ3) is 8.08. The van der Waals surface area contributed by atoms with Crippen LogP contribution in [0.25, 0.3) is 67.7 Å². The average molecular weight is 742 g/mol. The Kier molecular flexibility index (Phi) is 9.63. The summed E-state index contributed by atoms with van der Waals surface area (Å²) in [5.74, 6) is 6.01. The van der Waals surface area contributed by atoms with Gasteiger partial charge in [-0.1, -0.05) is 162 Å². The summed E-state index contributed by atoms with van der Waals surface area (Å²) in [6.07, 6.45) is 0. The molecule has 0 saturated heterocycles. The Balaban J connectivity index is 1.38. The summed E-state index contributed by atoms with van der Waals surface area (Å²) < 4.78 is 0. The van der Waals surface area contributed by atoms with Gasteiger partial charge in [-0.2, -0.15) is 0 Å². The quantitative estimate of drug-likeness (QED) is 0.170. The third-order valence-electron chi connectivity index (χ3n) is 9.38. The number of nitrogens with zero attached hydrogens (tertiary/aromatic N) is 9. The summed E-state index contributed by atoms with van der Waals surface area (Å²) in [5.41, 5.74) is 3.32. The Morgan fingerprint density at radius 2 is 0.661 bits per heavy atom. The molecule has 0 spiro atoms. The molecule has 7 aromatic rings. The minimum absolute atomic E-state index is 0.230. The SMILES string of the molecule is CC(C)(C)c1nc(-c2ccccc2)nc(-c2cc(-c3nc(-c4ccc(-c5nc(C(C)(C)C)nc(C(C)(C)C)n5)cc4)nc(C(C)(C)C)n3)c3ccccc3c2)n1. The molecule has 4 aromatic carbocycles. The molecule has 9 nitrogen and oxygen atoms in total. The Morgan fingerprint density at radius 1 is 0.304 bits per heavy atom. The van der Waals surface area contributed by atoms with Crippen molar-refractivity contribution >= 4 is 10.8 Å². The van der Waals surface area contributed by atoms with Crippen LogP contribution in [-0.4, -0.2) is 44.9 Å². The van der Waals surface area contributed by atoms with Gasteiger partial charge >= 0.3 is 0 Å². The molecule has 7 rings (SSSR count). The van der Waals surface area contributed by atoms with Crippen molar-refractivity contribution in [3.05, 3.63) is 114 Å². The number of benzene rings is 4. The van der Waals surface area contributed by atoms with E-state index < -0.39 is 0 Å². The molecule has 0 aliphatic carbocycles. The van der Waals surface area contributed by atoms with Gasteiger partial charge < -0.3 is 0 Å². The molecule has 9 heteroatoms. The highest BCUT2D eigenvalue weighted by molar-refractivity contribution is 5.98. The van der Waals surface area contributed by atoms with Crippen molar-refractivity contribution < 1.29 is 0 Å². The Labute approximate surface area is 330 Å². The second-order valence-electron chi connectivity index (χ2n) is 18.6. The summed E-state index contributed by atoms with van der Waals surface area (Å²) in [6.45, 7) is 25.5. The molecular formula is C47H51N9. The van der Waals surface area contributed by atoms with Crippen molar-refractivity contribution in [2.45, 2.75) is 105 Å². The van der Waals surface area contributed by atoms with Crippen LogP contribution in [0.3, 0.4) is 0 Å². The Morgan fingerprint density at radius 3 is 1.14 bits per heavy atom. The van der Waals surface area contributed by atoms with E-state index in [1.165, 1.54) is 0 Å². The van der Waals surface area contributed by atoms with Crippen LogP contribution in [-0.2, 0) is 21.7 Å². The van der Waals surface area contributed by atoms with E-state index in [-0.39, 0.29) is 21.7 Å². The molecular weight excluding hydrogens is 691 g/mol. The minimum atomic E-state index is -0.349. The number of fused-ring (bicyclic) bond motifs is 1. The van der Waals surface area contributed by atoms with E-state index >= 15 is 0 Å². The molecule has 0 unspecified atom stereocenters. The van der Waals surface area contributed by atoms with Crippen LogP contribution in [0.2, 0.25) is 0 Å². The molecule has 0 radical (unpaired) electrons. The van der Waals surface area contributed by atoms with Crippen LogP contribution in [0.15, 0.2) is 91.0 Å². The van der Waals surface area contributed by atoms with Gasteiger partial charge in [0.1, 0.15) is 23.3 Å². The van der Waals surface area contributed by atoms with E-state index in [1.807, 2.05) is 66.7 Å². The zero-order chi connectivity index (χ0) is 40.2. The topological polar surface area (TPSA) is 116 Å². The molecule has 3 heterocycles. The van der Waals surface area contributed by atoms with Gasteiger partial charge in [0.15, 0.2) is 29.1 Å². The second kappa shape index (κ2) is 14.0. The maximum Gasteiger partial charge on any atom is 0.164 e. The Bertz CT molecular complexity index is 2520. The molecule has 0 N–H and O–H groups in total. The number of hydrogen-bond acceptors (Lipinski definition) is 9. The lowest BCUT2D eigenvalue weighted by atomic mass is 9.93. The summed E-state index contributed by atoms with van der Waals surface area (Å²) >= 11 is 0. The van der Waals surface area contributed by atoms with Gasteiger partial charge in [-0.25, -0.2) is 44.9 Å². The van der Waals surface area contributed by atoms with Gasteiger partial charge in [0, 0.05) is 49.5 Å². The van der Waals surface area contributed by atoms with Crippen LogP contribution in [0.5, 0.6) is 0 Å². The fourth-order valence-electron chi connectivity index (χ4n) is 6.09. The van der Waals surface area contributed by atoms with E-state index in [1.54, 1.807) is 0 Å². The standard InChI is InChI=1S/C47H51N9/c1-44(2,3)40-50-35(28-18-14-13-15-19-28)48-38(54-40)32-26-31-20-16-17-21-33(31)34(27-32)39-49-36(51-41(55-39)45(4,5)6)29-22-24-30(25-23-29)37-52-42(46(7,8)9)56-43(53-37)47(10,11)12/h13-27H,1-12H3. The van der Waals surface area contributed by atoms with Crippen molar-refractivity contribution in [2.75, 3.05) is 0 Å². The highest BCUT2D eigenvalue weighted by Crippen LogP contribution is 2.35. The Hall–Kier alpha value is -5.83. The van der Waals surface area contributed by atoms with E-state index in [2.05, 4.69) is 107 Å². The smallest absolute Gasteiger partial charge is 0.164 e. The largest absolute Gasteiger partial charge is 0.217 e. The molecule has 0 amide bonds. The maximum atomic E-state index is 5.17. The van der Waals surface area contributed by atoms with Crippen molar-refractivity contribution in [3.8, 4) is 56.9 Å². The monoisotopic (exact) mass is 741 g/mol. The number of rotatable bonds is 5. The van der Waals surface area contributed by atoms with Crippen LogP contribution in [0, 0.1) is 0 Å². The summed E-state index contributed by atoms with van der Waals surface area (Å²) in [6, 6.07) is 30.8. The van der Waals surface area contributed by atoms with Crippen LogP contribution in [0.1, 0.15) is 106 Å². The predicted molar refractivity (Wildman–Crippen MR) is 226 cm³/mol. The minimum Gasteiger partial charge on any atom is -0.217 e. The fraction of sp³-hybridized carbons (Fsp3) is 0.340. The zero-order valence-electron chi connectivity index (χ0n) is 34.7. The second-order valence-corrected chi connectivity index (χ2v) is 18.6. The van der Waals surface area contributed by atoms with Gasteiger partial charge in [-0.15, -0.1) is 0 Å². The predicted octanol–water partition coefficient (Wildman–Crippen LogP) is 10.9.